The van der Waals surface area contributed by atoms with Crippen molar-refractivity contribution in [1.29, 1.82) is 0 Å². The Morgan fingerprint density at radius 2 is 0.796 bits per heavy atom. The number of halogens is 5. The number of hydrogen-bond acceptors (Lipinski definition) is 15. The lowest BCUT2D eigenvalue weighted by atomic mass is 9.99. The summed E-state index contributed by atoms with van der Waals surface area (Å²) in [5.41, 5.74) is 7.79. The van der Waals surface area contributed by atoms with Crippen LogP contribution in [0, 0.1) is 0 Å². The summed E-state index contributed by atoms with van der Waals surface area (Å²) in [7, 11) is -9.51. The molecule has 518 valence electrons. The van der Waals surface area contributed by atoms with Gasteiger partial charge in [0.25, 0.3) is 12.9 Å². The predicted molar refractivity (Wildman–Crippen MR) is 376 cm³/mol. The highest BCUT2D eigenvalue weighted by Crippen LogP contribution is 2.39. The van der Waals surface area contributed by atoms with Crippen LogP contribution in [0.5, 0.6) is 0 Å². The van der Waals surface area contributed by atoms with E-state index in [4.69, 9.17) is 0 Å². The van der Waals surface area contributed by atoms with Gasteiger partial charge in [-0.25, -0.2) is 60.1 Å². The van der Waals surface area contributed by atoms with E-state index in [-0.39, 0.29) is 45.8 Å². The standard InChI is InChI=1S/C25H29FN4O2S.C24H26F2N4O2S.C23H26F2N4O2S/c1-17(26)24-14-18(6-10-28-24)20-13-19-5-9-27-16-23(19)25(15-20)29-21-7-11-30(12-8-21)33(31,32)22-3-2-4-22;25-24(26)22-5-4-17(14-28-22)18-12-16-6-9-27-15-21(16)23(13-18)29-19-7-10-30(11-8-19)33(31,32)20-2-1-3-20;1-2-11-32(30,31)29-9-6-19(7-10-29)28-22-13-18(12-16-5-8-26-15-20(16)22)17-3-4-21(23(24)25)27-14-17/h5-6,9-10,13-17,21-22,29H,2-4,7-8,11-12H2,1H3;4-6,9,12-15,19-20,24,29H,1-3,7-8,10-11H2;3-5,8,12-15,19,23,28H,2,6-7,9-11H2,1H3. The number of nitrogens with zero attached hydrogens (tertiary/aromatic N) is 9. The molecule has 3 saturated heterocycles. The lowest BCUT2D eigenvalue weighted by Crippen LogP contribution is -2.47. The van der Waals surface area contributed by atoms with Crippen LogP contribution in [0.4, 0.5) is 39.0 Å². The smallest absolute Gasteiger partial charge is 0.280 e. The fraction of sp³-hybridized carbons (Fsp3) is 0.417. The Bertz CT molecular complexity index is 4590. The molecule has 6 aromatic heterocycles. The molecule has 0 radical (unpaired) electrons. The number of piperidine rings is 3. The molecule has 1 unspecified atom stereocenters. The van der Waals surface area contributed by atoms with Crippen molar-refractivity contribution >= 4 is 79.4 Å². The third-order valence-corrected chi connectivity index (χ3v) is 26.3. The summed E-state index contributed by atoms with van der Waals surface area (Å²) in [6.45, 7) is 6.49. The first kappa shape index (κ1) is 70.0. The molecule has 26 heteroatoms. The molecule has 3 N–H and O–H groups in total. The molecule has 3 aromatic carbocycles. The minimum atomic E-state index is -3.18. The average Bonchev–Trinajstić information content (AvgIpc) is 0.803. The highest BCUT2D eigenvalue weighted by molar-refractivity contribution is 7.90. The van der Waals surface area contributed by atoms with Crippen LogP contribution in [0.1, 0.15) is 133 Å². The van der Waals surface area contributed by atoms with Gasteiger partial charge in [0.05, 0.1) is 21.9 Å². The molecule has 2 saturated carbocycles. The van der Waals surface area contributed by atoms with E-state index in [0.717, 1.165) is 147 Å². The van der Waals surface area contributed by atoms with Gasteiger partial charge >= 0.3 is 0 Å². The first-order valence-electron chi connectivity index (χ1n) is 33.7. The number of benzene rings is 3. The number of nitrogens with one attached hydrogen (secondary N) is 3. The molecule has 9 aromatic rings. The molecule has 0 spiro atoms. The van der Waals surface area contributed by atoms with E-state index in [1.807, 2.05) is 61.7 Å². The van der Waals surface area contributed by atoms with E-state index >= 15 is 0 Å². The van der Waals surface area contributed by atoms with Gasteiger partial charge in [-0.2, -0.15) is 0 Å². The number of alkyl halides is 5. The Morgan fingerprint density at radius 1 is 0.418 bits per heavy atom. The summed E-state index contributed by atoms with van der Waals surface area (Å²) < 4.78 is 146. The Morgan fingerprint density at radius 3 is 1.12 bits per heavy atom. The Hall–Kier alpha value is -7.88. The largest absolute Gasteiger partial charge is 0.382 e. The van der Waals surface area contributed by atoms with E-state index in [2.05, 4.69) is 58.0 Å². The first-order chi connectivity index (χ1) is 47.2. The number of sulfonamides is 3. The number of pyridine rings is 6. The molecule has 5 aliphatic rings. The molecule has 0 bridgehead atoms. The minimum absolute atomic E-state index is 0.126. The number of fused-ring (bicyclic) bond motifs is 3. The topological polar surface area (TPSA) is 226 Å². The van der Waals surface area contributed by atoms with E-state index in [0.29, 0.717) is 64.2 Å². The van der Waals surface area contributed by atoms with E-state index < -0.39 is 49.1 Å². The molecule has 18 nitrogen and oxygen atoms in total. The van der Waals surface area contributed by atoms with Gasteiger partial charge in [0.2, 0.25) is 30.1 Å². The SMILES string of the molecule is CC(F)c1cc(-c2cc(NC3CCN(S(=O)(=O)C4CCC4)CC3)c3cnccc3c2)ccn1.CCCS(=O)(=O)N1CCC(Nc2cc(-c3ccc(C(F)F)nc3)cc3ccncc23)CC1.O=S(=O)(C1CCC1)N1CCC(Nc2cc(-c3ccc(C(F)F)nc3)cc3ccncc23)CC1. The summed E-state index contributed by atoms with van der Waals surface area (Å²) in [5.74, 6) is 0.182. The molecule has 1 atom stereocenters. The zero-order chi connectivity index (χ0) is 68.7. The van der Waals surface area contributed by atoms with Crippen molar-refractivity contribution in [2.75, 3.05) is 61.0 Å². The first-order valence-corrected chi connectivity index (χ1v) is 38.3. The second kappa shape index (κ2) is 30.7. The van der Waals surface area contributed by atoms with E-state index in [9.17, 15) is 47.2 Å². The van der Waals surface area contributed by atoms with Gasteiger partial charge in [0.15, 0.2) is 0 Å². The van der Waals surface area contributed by atoms with Crippen LogP contribution in [-0.4, -0.2) is 142 Å². The van der Waals surface area contributed by atoms with Crippen LogP contribution >= 0.6 is 0 Å². The number of rotatable bonds is 19. The van der Waals surface area contributed by atoms with Crippen LogP contribution in [0.2, 0.25) is 0 Å². The molecule has 98 heavy (non-hydrogen) atoms. The third-order valence-electron chi connectivity index (χ3n) is 19.4. The van der Waals surface area contributed by atoms with Crippen LogP contribution in [0.25, 0.3) is 65.7 Å². The van der Waals surface area contributed by atoms with Crippen molar-refractivity contribution in [3.63, 3.8) is 0 Å². The van der Waals surface area contributed by atoms with Crippen LogP contribution in [0.15, 0.2) is 147 Å². The van der Waals surface area contributed by atoms with E-state index in [1.54, 1.807) is 68.3 Å². The number of hydrogen-bond donors (Lipinski definition) is 3. The molecule has 9 heterocycles. The van der Waals surface area contributed by atoms with Crippen molar-refractivity contribution in [2.24, 2.45) is 0 Å². The average molecular weight is 1400 g/mol. The van der Waals surface area contributed by atoms with Gasteiger partial charge in [0.1, 0.15) is 17.6 Å². The van der Waals surface area contributed by atoms with Gasteiger partial charge in [-0.15, -0.1) is 0 Å². The molecule has 0 amide bonds. The zero-order valence-corrected chi connectivity index (χ0v) is 57.2. The highest BCUT2D eigenvalue weighted by Gasteiger charge is 2.39. The zero-order valence-electron chi connectivity index (χ0n) is 54.7. The van der Waals surface area contributed by atoms with Gasteiger partial charge in [0, 0.05) is 158 Å². The van der Waals surface area contributed by atoms with Crippen molar-refractivity contribution in [2.45, 2.75) is 145 Å². The van der Waals surface area contributed by atoms with Gasteiger partial charge < -0.3 is 16.0 Å². The fourth-order valence-corrected chi connectivity index (χ4v) is 19.0. The van der Waals surface area contributed by atoms with Gasteiger partial charge in [-0.3, -0.25) is 29.9 Å². The Kier molecular flexibility index (Phi) is 21.9. The maximum atomic E-state index is 13.8. The molecular formula is C72H81F5N12O6S3. The Balaban J connectivity index is 0.000000140. The molecule has 14 rings (SSSR count). The summed E-state index contributed by atoms with van der Waals surface area (Å²) in [4.78, 5) is 24.7. The number of anilines is 3. The quantitative estimate of drug-likeness (QED) is 0.0640. The molecular weight excluding hydrogens is 1320 g/mol. The fourth-order valence-electron chi connectivity index (χ4n) is 13.3. The van der Waals surface area contributed by atoms with Crippen molar-refractivity contribution in [3.05, 3.63) is 164 Å². The van der Waals surface area contributed by atoms with Gasteiger partial charge in [-0.05, 0) is 195 Å². The molecule has 3 aliphatic heterocycles. The van der Waals surface area contributed by atoms with Crippen LogP contribution < -0.4 is 16.0 Å². The van der Waals surface area contributed by atoms with Crippen LogP contribution in [-0.2, 0) is 30.1 Å². The third kappa shape index (κ3) is 16.2. The van der Waals surface area contributed by atoms with Crippen molar-refractivity contribution in [3.8, 4) is 33.4 Å². The predicted octanol–water partition coefficient (Wildman–Crippen LogP) is 14.9. The normalized spacial score (nSPS) is 18.0. The minimum Gasteiger partial charge on any atom is -0.382 e. The lowest BCUT2D eigenvalue weighted by molar-refractivity contribution is 0.145. The van der Waals surface area contributed by atoms with Crippen molar-refractivity contribution < 1.29 is 47.2 Å². The molecule has 5 fully saturated rings. The van der Waals surface area contributed by atoms with E-state index in [1.165, 1.54) is 31.5 Å². The summed E-state index contributed by atoms with van der Waals surface area (Å²) in [5, 5.41) is 16.4. The maximum absolute atomic E-state index is 13.8. The summed E-state index contributed by atoms with van der Waals surface area (Å²) >= 11 is 0. The molecule has 2 aliphatic carbocycles. The Labute approximate surface area is 569 Å². The van der Waals surface area contributed by atoms with Gasteiger partial charge in [-0.1, -0.05) is 31.9 Å². The number of aromatic nitrogens is 6. The van der Waals surface area contributed by atoms with Crippen molar-refractivity contribution in [1.82, 2.24) is 42.8 Å². The monoisotopic (exact) mass is 1400 g/mol. The summed E-state index contributed by atoms with van der Waals surface area (Å²) in [6, 6.07) is 28.0. The van der Waals surface area contributed by atoms with Crippen LogP contribution in [0.3, 0.4) is 0 Å². The maximum Gasteiger partial charge on any atom is 0.280 e. The summed E-state index contributed by atoms with van der Waals surface area (Å²) in [6.07, 6.45) is 19.0. The second-order valence-corrected chi connectivity index (χ2v) is 32.5. The lowest BCUT2D eigenvalue weighted by Gasteiger charge is -2.37. The highest BCUT2D eigenvalue weighted by atomic mass is 32.2. The second-order valence-electron chi connectivity index (χ2n) is 26.0.